The molecule has 1 aromatic carbocycles. The first-order valence-corrected chi connectivity index (χ1v) is 7.44. The monoisotopic (exact) mass is 301 g/mol. The van der Waals surface area contributed by atoms with Crippen LogP contribution in [0.5, 0.6) is 5.75 Å². The predicted molar refractivity (Wildman–Crippen MR) is 86.1 cm³/mol. The van der Waals surface area contributed by atoms with Crippen LogP contribution in [0.1, 0.15) is 22.5 Å². The average Bonchev–Trinajstić information content (AvgIpc) is 2.75. The quantitative estimate of drug-likeness (QED) is 0.833. The Kier molecular flexibility index (Phi) is 5.20. The van der Waals surface area contributed by atoms with Crippen molar-refractivity contribution in [1.29, 1.82) is 0 Å². The number of rotatable bonds is 6. The number of aromatic nitrogens is 2. The van der Waals surface area contributed by atoms with Crippen LogP contribution in [-0.4, -0.2) is 28.8 Å². The summed E-state index contributed by atoms with van der Waals surface area (Å²) < 4.78 is 7.46. The summed E-state index contributed by atoms with van der Waals surface area (Å²) in [5.41, 5.74) is 4.12. The molecule has 2 rings (SSSR count). The van der Waals surface area contributed by atoms with Crippen molar-refractivity contribution in [3.63, 3.8) is 0 Å². The first kappa shape index (κ1) is 16.1. The van der Waals surface area contributed by atoms with Gasteiger partial charge in [-0.1, -0.05) is 18.2 Å². The van der Waals surface area contributed by atoms with Crippen molar-refractivity contribution in [2.45, 2.75) is 34.2 Å². The van der Waals surface area contributed by atoms with Gasteiger partial charge in [0.15, 0.2) is 0 Å². The van der Waals surface area contributed by atoms with Gasteiger partial charge < -0.3 is 10.1 Å². The van der Waals surface area contributed by atoms with Gasteiger partial charge in [0.2, 0.25) is 5.91 Å². The largest absolute Gasteiger partial charge is 0.491 e. The first-order chi connectivity index (χ1) is 10.5. The molecule has 0 radical (unpaired) electrons. The Balaban J connectivity index is 1.77. The number of hydrogen-bond acceptors (Lipinski definition) is 3. The van der Waals surface area contributed by atoms with Crippen molar-refractivity contribution in [3.8, 4) is 5.75 Å². The van der Waals surface area contributed by atoms with Crippen molar-refractivity contribution in [1.82, 2.24) is 15.1 Å². The van der Waals surface area contributed by atoms with E-state index >= 15 is 0 Å². The summed E-state index contributed by atoms with van der Waals surface area (Å²) in [7, 11) is 0. The molecule has 0 aliphatic heterocycles. The summed E-state index contributed by atoms with van der Waals surface area (Å²) in [6.07, 6.45) is 0. The third-order valence-corrected chi connectivity index (χ3v) is 3.48. The molecule has 5 nitrogen and oxygen atoms in total. The number of hydrogen-bond donors (Lipinski definition) is 1. The van der Waals surface area contributed by atoms with Crippen LogP contribution in [0, 0.1) is 27.7 Å². The Morgan fingerprint density at radius 3 is 2.50 bits per heavy atom. The minimum atomic E-state index is -0.0590. The van der Waals surface area contributed by atoms with Crippen molar-refractivity contribution in [2.75, 3.05) is 13.2 Å². The number of nitrogens with zero attached hydrogens (tertiary/aromatic N) is 2. The van der Waals surface area contributed by atoms with Crippen LogP contribution in [0.4, 0.5) is 0 Å². The third-order valence-electron chi connectivity index (χ3n) is 3.48. The normalized spacial score (nSPS) is 10.5. The maximum Gasteiger partial charge on any atom is 0.241 e. The summed E-state index contributed by atoms with van der Waals surface area (Å²) in [4.78, 5) is 11.9. The van der Waals surface area contributed by atoms with Gasteiger partial charge in [0.25, 0.3) is 0 Å². The minimum absolute atomic E-state index is 0.0590. The van der Waals surface area contributed by atoms with Gasteiger partial charge in [-0.15, -0.1) is 0 Å². The maximum atomic E-state index is 11.9. The SMILES string of the molecule is Cc1cc(C)n(CC(=O)NCCOc2c(C)cccc2C)n1. The number of ether oxygens (including phenoxy) is 1. The van der Waals surface area contributed by atoms with E-state index in [1.807, 2.05) is 52.0 Å². The smallest absolute Gasteiger partial charge is 0.241 e. The molecule has 0 saturated carbocycles. The van der Waals surface area contributed by atoms with E-state index < -0.39 is 0 Å². The molecular formula is C17H23N3O2. The Morgan fingerprint density at radius 1 is 1.23 bits per heavy atom. The highest BCUT2D eigenvalue weighted by atomic mass is 16.5. The van der Waals surface area contributed by atoms with E-state index in [-0.39, 0.29) is 12.5 Å². The van der Waals surface area contributed by atoms with E-state index in [0.717, 1.165) is 28.3 Å². The second-order valence-corrected chi connectivity index (χ2v) is 5.50. The van der Waals surface area contributed by atoms with E-state index in [4.69, 9.17) is 4.74 Å². The number of nitrogens with one attached hydrogen (secondary N) is 1. The zero-order valence-corrected chi connectivity index (χ0v) is 13.6. The third kappa shape index (κ3) is 4.10. The Hall–Kier alpha value is -2.30. The molecule has 1 amide bonds. The summed E-state index contributed by atoms with van der Waals surface area (Å²) in [5.74, 6) is 0.839. The number of aryl methyl sites for hydroxylation is 4. The highest BCUT2D eigenvalue weighted by Crippen LogP contribution is 2.21. The van der Waals surface area contributed by atoms with Crippen molar-refractivity contribution >= 4 is 5.91 Å². The lowest BCUT2D eigenvalue weighted by Gasteiger charge is -2.12. The van der Waals surface area contributed by atoms with Crippen molar-refractivity contribution in [3.05, 3.63) is 46.8 Å². The molecule has 0 bridgehead atoms. The highest BCUT2D eigenvalue weighted by molar-refractivity contribution is 5.75. The summed E-state index contributed by atoms with van der Waals surface area (Å²) in [6, 6.07) is 8.00. The number of carbonyl (C=O) groups is 1. The standard InChI is InChI=1S/C17H23N3O2/c1-12-6-5-7-13(2)17(12)22-9-8-18-16(21)11-20-15(4)10-14(3)19-20/h5-7,10H,8-9,11H2,1-4H3,(H,18,21). The molecule has 5 heteroatoms. The molecule has 22 heavy (non-hydrogen) atoms. The topological polar surface area (TPSA) is 56.2 Å². The summed E-state index contributed by atoms with van der Waals surface area (Å²) in [5, 5.41) is 7.13. The molecule has 1 aromatic heterocycles. The van der Waals surface area contributed by atoms with Crippen LogP contribution in [0.25, 0.3) is 0 Å². The van der Waals surface area contributed by atoms with Crippen LogP contribution >= 0.6 is 0 Å². The lowest BCUT2D eigenvalue weighted by molar-refractivity contribution is -0.122. The molecule has 0 saturated heterocycles. The highest BCUT2D eigenvalue weighted by Gasteiger charge is 2.07. The van der Waals surface area contributed by atoms with Gasteiger partial charge >= 0.3 is 0 Å². The van der Waals surface area contributed by atoms with E-state index in [9.17, 15) is 4.79 Å². The second kappa shape index (κ2) is 7.11. The molecule has 118 valence electrons. The van der Waals surface area contributed by atoms with Crippen LogP contribution in [0.15, 0.2) is 24.3 Å². The lowest BCUT2D eigenvalue weighted by atomic mass is 10.1. The van der Waals surface area contributed by atoms with E-state index in [2.05, 4.69) is 10.4 Å². The molecule has 0 unspecified atom stereocenters. The number of carbonyl (C=O) groups excluding carboxylic acids is 1. The van der Waals surface area contributed by atoms with Crippen LogP contribution < -0.4 is 10.1 Å². The van der Waals surface area contributed by atoms with E-state index in [0.29, 0.717) is 13.2 Å². The maximum absolute atomic E-state index is 11.9. The van der Waals surface area contributed by atoms with Crippen molar-refractivity contribution < 1.29 is 9.53 Å². The van der Waals surface area contributed by atoms with Gasteiger partial charge in [0, 0.05) is 5.69 Å². The fourth-order valence-electron chi connectivity index (χ4n) is 2.40. The fraction of sp³-hybridized carbons (Fsp3) is 0.412. The Morgan fingerprint density at radius 2 is 1.91 bits per heavy atom. The summed E-state index contributed by atoms with van der Waals surface area (Å²) >= 11 is 0. The van der Waals surface area contributed by atoms with Gasteiger partial charge in [-0.3, -0.25) is 9.48 Å². The van der Waals surface area contributed by atoms with E-state index in [1.165, 1.54) is 0 Å². The molecule has 1 heterocycles. The van der Waals surface area contributed by atoms with Gasteiger partial charge in [-0.05, 0) is 44.9 Å². The molecular weight excluding hydrogens is 278 g/mol. The minimum Gasteiger partial charge on any atom is -0.491 e. The van der Waals surface area contributed by atoms with Crippen LogP contribution in [-0.2, 0) is 11.3 Å². The van der Waals surface area contributed by atoms with Gasteiger partial charge in [0.05, 0.1) is 12.2 Å². The molecule has 0 spiro atoms. The lowest BCUT2D eigenvalue weighted by Crippen LogP contribution is -2.31. The first-order valence-electron chi connectivity index (χ1n) is 7.44. The van der Waals surface area contributed by atoms with Crippen LogP contribution in [0.2, 0.25) is 0 Å². The zero-order chi connectivity index (χ0) is 16.1. The van der Waals surface area contributed by atoms with Gasteiger partial charge in [0.1, 0.15) is 18.9 Å². The van der Waals surface area contributed by atoms with Gasteiger partial charge in [-0.25, -0.2) is 0 Å². The molecule has 2 aromatic rings. The summed E-state index contributed by atoms with van der Waals surface area (Å²) in [6.45, 7) is 9.06. The molecule has 1 N–H and O–H groups in total. The van der Waals surface area contributed by atoms with Crippen molar-refractivity contribution in [2.24, 2.45) is 0 Å². The molecule has 0 aliphatic carbocycles. The Bertz CT molecular complexity index is 642. The van der Waals surface area contributed by atoms with Crippen LogP contribution in [0.3, 0.4) is 0 Å². The fourth-order valence-corrected chi connectivity index (χ4v) is 2.40. The average molecular weight is 301 g/mol. The second-order valence-electron chi connectivity index (χ2n) is 5.50. The molecule has 0 aliphatic rings. The number of amides is 1. The number of para-hydroxylation sites is 1. The predicted octanol–water partition coefficient (Wildman–Crippen LogP) is 2.31. The van der Waals surface area contributed by atoms with E-state index in [1.54, 1.807) is 4.68 Å². The molecule has 0 atom stereocenters. The molecule has 0 fully saturated rings. The zero-order valence-electron chi connectivity index (χ0n) is 13.6. The van der Waals surface area contributed by atoms with Gasteiger partial charge in [-0.2, -0.15) is 5.10 Å². The number of benzene rings is 1. The Labute approximate surface area is 131 Å².